The van der Waals surface area contributed by atoms with Crippen LogP contribution in [0.1, 0.15) is 26.7 Å². The smallest absolute Gasteiger partial charge is 0.242 e. The van der Waals surface area contributed by atoms with Gasteiger partial charge in [0.2, 0.25) is 11.9 Å². The molecule has 0 bridgehead atoms. The molecule has 1 aromatic rings. The van der Waals surface area contributed by atoms with Gasteiger partial charge < -0.3 is 10.2 Å². The molecule has 0 spiro atoms. The van der Waals surface area contributed by atoms with Gasteiger partial charge in [-0.15, -0.1) is 0 Å². The Morgan fingerprint density at radius 2 is 2.22 bits per heavy atom. The molecule has 1 aliphatic heterocycles. The van der Waals surface area contributed by atoms with Crippen LogP contribution in [0.2, 0.25) is 0 Å². The lowest BCUT2D eigenvalue weighted by molar-refractivity contribution is -0.122. The first kappa shape index (κ1) is 12.8. The Morgan fingerprint density at radius 3 is 2.89 bits per heavy atom. The Labute approximate surface area is 108 Å². The van der Waals surface area contributed by atoms with E-state index in [1.54, 1.807) is 18.5 Å². The predicted molar refractivity (Wildman–Crippen MR) is 70.2 cm³/mol. The Hall–Kier alpha value is -1.65. The molecule has 5 heteroatoms. The van der Waals surface area contributed by atoms with Crippen LogP contribution in [0, 0.1) is 5.92 Å². The third kappa shape index (κ3) is 2.97. The van der Waals surface area contributed by atoms with Gasteiger partial charge in [-0.05, 0) is 24.8 Å². The fraction of sp³-hybridized carbons (Fsp3) is 0.615. The number of rotatable bonds is 4. The van der Waals surface area contributed by atoms with Crippen LogP contribution in [0.15, 0.2) is 18.5 Å². The summed E-state index contributed by atoms with van der Waals surface area (Å²) in [5, 5.41) is 2.99. The van der Waals surface area contributed by atoms with Crippen molar-refractivity contribution in [2.24, 2.45) is 5.92 Å². The lowest BCUT2D eigenvalue weighted by Gasteiger charge is -2.23. The van der Waals surface area contributed by atoms with Crippen molar-refractivity contribution in [3.63, 3.8) is 0 Å². The summed E-state index contributed by atoms with van der Waals surface area (Å²) in [6.07, 6.45) is 5.31. The van der Waals surface area contributed by atoms with Gasteiger partial charge in [-0.2, -0.15) is 0 Å². The first-order valence-electron chi connectivity index (χ1n) is 6.50. The maximum absolute atomic E-state index is 12.1. The maximum Gasteiger partial charge on any atom is 0.242 e. The van der Waals surface area contributed by atoms with Crippen molar-refractivity contribution in [2.75, 3.05) is 18.0 Å². The molecule has 0 aliphatic carbocycles. The van der Waals surface area contributed by atoms with Crippen molar-refractivity contribution in [2.45, 2.75) is 32.7 Å². The summed E-state index contributed by atoms with van der Waals surface area (Å²) in [6, 6.07) is 1.67. The summed E-state index contributed by atoms with van der Waals surface area (Å²) < 4.78 is 0. The summed E-state index contributed by atoms with van der Waals surface area (Å²) in [6.45, 7) is 5.75. The van der Waals surface area contributed by atoms with E-state index in [0.717, 1.165) is 25.9 Å². The maximum atomic E-state index is 12.1. The van der Waals surface area contributed by atoms with Gasteiger partial charge in [0.25, 0.3) is 0 Å². The zero-order chi connectivity index (χ0) is 13.0. The topological polar surface area (TPSA) is 58.1 Å². The summed E-state index contributed by atoms with van der Waals surface area (Å²) >= 11 is 0. The minimum atomic E-state index is -0.119. The van der Waals surface area contributed by atoms with Gasteiger partial charge in [0.05, 0.1) is 0 Å². The molecular weight excluding hydrogens is 228 g/mol. The van der Waals surface area contributed by atoms with Crippen molar-refractivity contribution >= 4 is 11.9 Å². The number of carbonyl (C=O) groups excluding carboxylic acids is 1. The van der Waals surface area contributed by atoms with Gasteiger partial charge in [-0.1, -0.05) is 13.8 Å². The number of anilines is 1. The fourth-order valence-corrected chi connectivity index (χ4v) is 2.14. The second kappa shape index (κ2) is 5.80. The Balaban J connectivity index is 2.01. The number of nitrogens with one attached hydrogen (secondary N) is 1. The van der Waals surface area contributed by atoms with E-state index in [9.17, 15) is 4.79 Å². The average molecular weight is 248 g/mol. The van der Waals surface area contributed by atoms with Crippen LogP contribution in [0.5, 0.6) is 0 Å². The molecule has 1 atom stereocenters. The Kier molecular flexibility index (Phi) is 4.12. The fourth-order valence-electron chi connectivity index (χ4n) is 2.14. The lowest BCUT2D eigenvalue weighted by atomic mass is 10.2. The quantitative estimate of drug-likeness (QED) is 0.870. The summed E-state index contributed by atoms with van der Waals surface area (Å²) in [5.41, 5.74) is 0. The van der Waals surface area contributed by atoms with Gasteiger partial charge in [0, 0.05) is 25.5 Å². The van der Waals surface area contributed by atoms with E-state index >= 15 is 0 Å². The van der Waals surface area contributed by atoms with Gasteiger partial charge in [-0.25, -0.2) is 9.97 Å². The summed E-state index contributed by atoms with van der Waals surface area (Å²) in [4.78, 5) is 22.6. The van der Waals surface area contributed by atoms with E-state index in [-0.39, 0.29) is 11.9 Å². The van der Waals surface area contributed by atoms with Crippen molar-refractivity contribution in [1.29, 1.82) is 0 Å². The molecule has 1 amide bonds. The number of amides is 1. The number of aromatic nitrogens is 2. The molecule has 5 nitrogen and oxygen atoms in total. The minimum Gasteiger partial charge on any atom is -0.354 e. The molecule has 98 valence electrons. The highest BCUT2D eigenvalue weighted by molar-refractivity contribution is 5.85. The normalized spacial score (nSPS) is 19.3. The van der Waals surface area contributed by atoms with Gasteiger partial charge in [0.15, 0.2) is 0 Å². The van der Waals surface area contributed by atoms with Crippen LogP contribution in [-0.2, 0) is 4.79 Å². The molecule has 0 saturated carbocycles. The van der Waals surface area contributed by atoms with Crippen molar-refractivity contribution in [3.05, 3.63) is 18.5 Å². The Bertz CT molecular complexity index is 393. The number of nitrogens with zero attached hydrogens (tertiary/aromatic N) is 3. The van der Waals surface area contributed by atoms with Crippen molar-refractivity contribution in [1.82, 2.24) is 15.3 Å². The summed E-state index contributed by atoms with van der Waals surface area (Å²) in [5.74, 6) is 1.21. The van der Waals surface area contributed by atoms with Crippen molar-refractivity contribution in [3.8, 4) is 0 Å². The van der Waals surface area contributed by atoms with E-state index in [1.807, 2.05) is 4.90 Å². The zero-order valence-corrected chi connectivity index (χ0v) is 11.0. The monoisotopic (exact) mass is 248 g/mol. The minimum absolute atomic E-state index is 0.0913. The van der Waals surface area contributed by atoms with Crippen molar-refractivity contribution < 1.29 is 4.79 Å². The van der Waals surface area contributed by atoms with E-state index in [4.69, 9.17) is 0 Å². The molecule has 18 heavy (non-hydrogen) atoms. The van der Waals surface area contributed by atoms with Gasteiger partial charge in [0.1, 0.15) is 6.04 Å². The molecule has 1 fully saturated rings. The zero-order valence-electron chi connectivity index (χ0n) is 11.0. The molecule has 2 rings (SSSR count). The molecule has 1 aliphatic rings. The molecule has 1 N–H and O–H groups in total. The first-order valence-corrected chi connectivity index (χ1v) is 6.50. The van der Waals surface area contributed by atoms with E-state index in [1.165, 1.54) is 0 Å². The first-order chi connectivity index (χ1) is 8.68. The summed E-state index contributed by atoms with van der Waals surface area (Å²) in [7, 11) is 0. The third-order valence-corrected chi connectivity index (χ3v) is 3.05. The Morgan fingerprint density at radius 1 is 1.50 bits per heavy atom. The average Bonchev–Trinajstić information content (AvgIpc) is 2.86. The van der Waals surface area contributed by atoms with Crippen LogP contribution < -0.4 is 10.2 Å². The largest absolute Gasteiger partial charge is 0.354 e. The molecule has 2 heterocycles. The second-order valence-corrected chi connectivity index (χ2v) is 5.04. The van der Waals surface area contributed by atoms with E-state index in [0.29, 0.717) is 11.9 Å². The van der Waals surface area contributed by atoms with Crippen LogP contribution >= 0.6 is 0 Å². The number of carbonyl (C=O) groups is 1. The third-order valence-electron chi connectivity index (χ3n) is 3.05. The van der Waals surface area contributed by atoms with Gasteiger partial charge in [-0.3, -0.25) is 4.79 Å². The number of hydrogen-bond donors (Lipinski definition) is 1. The predicted octanol–water partition coefficient (Wildman–Crippen LogP) is 1.22. The molecule has 1 unspecified atom stereocenters. The molecule has 0 radical (unpaired) electrons. The van der Waals surface area contributed by atoms with E-state index < -0.39 is 0 Å². The highest BCUT2D eigenvalue weighted by atomic mass is 16.2. The molecule has 1 saturated heterocycles. The standard InChI is InChI=1S/C13H20N4O/c1-10(2)9-16-12(18)11-5-3-8-17(11)13-14-6-4-7-15-13/h4,6-7,10-11H,3,5,8-9H2,1-2H3,(H,16,18). The van der Waals surface area contributed by atoms with Crippen LogP contribution in [0.25, 0.3) is 0 Å². The molecule has 1 aromatic heterocycles. The molecule has 0 aromatic carbocycles. The molecular formula is C13H20N4O. The van der Waals surface area contributed by atoms with Gasteiger partial charge >= 0.3 is 0 Å². The van der Waals surface area contributed by atoms with Crippen LogP contribution in [0.3, 0.4) is 0 Å². The van der Waals surface area contributed by atoms with Crippen LogP contribution in [0.4, 0.5) is 5.95 Å². The highest BCUT2D eigenvalue weighted by Gasteiger charge is 2.32. The number of hydrogen-bond acceptors (Lipinski definition) is 4. The second-order valence-electron chi connectivity index (χ2n) is 5.04. The SMILES string of the molecule is CC(C)CNC(=O)C1CCCN1c1ncccn1. The highest BCUT2D eigenvalue weighted by Crippen LogP contribution is 2.21. The van der Waals surface area contributed by atoms with Crippen LogP contribution in [-0.4, -0.2) is 35.0 Å². The van der Waals surface area contributed by atoms with E-state index in [2.05, 4.69) is 29.1 Å². The lowest BCUT2D eigenvalue weighted by Crippen LogP contribution is -2.44.